The smallest absolute Gasteiger partial charge is 0.204 e. The zero-order chi connectivity index (χ0) is 10.2. The Morgan fingerprint density at radius 1 is 0.846 bits per heavy atom. The summed E-state index contributed by atoms with van der Waals surface area (Å²) in [5.41, 5.74) is -0.390. The highest BCUT2D eigenvalue weighted by molar-refractivity contribution is 5.36. The molecule has 0 aliphatic rings. The fraction of sp³-hybridized carbons (Fsp3) is 0.250. The Hall–Kier alpha value is -1.26. The van der Waals surface area contributed by atoms with Crippen LogP contribution in [-0.2, 0) is 0 Å². The molecule has 0 amide bonds. The summed E-state index contributed by atoms with van der Waals surface area (Å²) in [5.74, 6) is -7.25. The zero-order valence-electron chi connectivity index (χ0n) is 6.92. The first-order valence-corrected chi connectivity index (χ1v) is 3.37. The number of rotatable bonds is 1. The van der Waals surface area contributed by atoms with Gasteiger partial charge in [-0.15, -0.1) is 0 Å². The number of hydrogen-bond acceptors (Lipinski definition) is 1. The molecule has 0 radical (unpaired) electrons. The van der Waals surface area contributed by atoms with Crippen LogP contribution in [0.2, 0.25) is 0 Å². The molecule has 1 rings (SSSR count). The molecule has 0 saturated carbocycles. The summed E-state index contributed by atoms with van der Waals surface area (Å²) < 4.78 is 55.0. The van der Waals surface area contributed by atoms with E-state index >= 15 is 0 Å². The van der Waals surface area contributed by atoms with Crippen LogP contribution in [0.15, 0.2) is 0 Å². The topological polar surface area (TPSA) is 9.23 Å². The van der Waals surface area contributed by atoms with E-state index in [4.69, 9.17) is 0 Å². The van der Waals surface area contributed by atoms with Crippen molar-refractivity contribution in [3.63, 3.8) is 0 Å². The van der Waals surface area contributed by atoms with Gasteiger partial charge in [0.1, 0.15) is 0 Å². The van der Waals surface area contributed by atoms with Crippen molar-refractivity contribution in [2.24, 2.45) is 0 Å². The first-order chi connectivity index (χ1) is 6.00. The summed E-state index contributed by atoms with van der Waals surface area (Å²) in [6.45, 7) is 1.10. The van der Waals surface area contributed by atoms with Crippen LogP contribution < -0.4 is 4.74 Å². The predicted octanol–water partition coefficient (Wildman–Crippen LogP) is 2.56. The molecule has 0 spiro atoms. The van der Waals surface area contributed by atoms with Gasteiger partial charge in [0.15, 0.2) is 17.4 Å². The van der Waals surface area contributed by atoms with Gasteiger partial charge in [0.05, 0.1) is 7.11 Å². The SMILES string of the molecule is COc1c(C)c(F)c(F)c(F)c1F. The van der Waals surface area contributed by atoms with E-state index in [2.05, 4.69) is 4.74 Å². The van der Waals surface area contributed by atoms with Gasteiger partial charge in [0.2, 0.25) is 11.6 Å². The molecule has 0 fully saturated rings. The van der Waals surface area contributed by atoms with E-state index in [-0.39, 0.29) is 5.56 Å². The Balaban J connectivity index is 3.56. The van der Waals surface area contributed by atoms with E-state index in [0.717, 1.165) is 14.0 Å². The van der Waals surface area contributed by atoms with Crippen molar-refractivity contribution in [3.05, 3.63) is 28.8 Å². The van der Waals surface area contributed by atoms with Crippen LogP contribution in [0.3, 0.4) is 0 Å². The second-order valence-electron chi connectivity index (χ2n) is 2.41. The van der Waals surface area contributed by atoms with Gasteiger partial charge in [0.25, 0.3) is 0 Å². The summed E-state index contributed by atoms with van der Waals surface area (Å²) in [4.78, 5) is 0. The summed E-state index contributed by atoms with van der Waals surface area (Å²) in [7, 11) is 1.04. The normalized spacial score (nSPS) is 10.3. The minimum atomic E-state index is -1.86. The van der Waals surface area contributed by atoms with E-state index in [1.807, 2.05) is 0 Å². The van der Waals surface area contributed by atoms with Crippen LogP contribution in [0.5, 0.6) is 5.75 Å². The lowest BCUT2D eigenvalue weighted by molar-refractivity contribution is 0.341. The minimum absolute atomic E-state index is 0.390. The Bertz CT molecular complexity index is 319. The van der Waals surface area contributed by atoms with Gasteiger partial charge >= 0.3 is 0 Å². The van der Waals surface area contributed by atoms with Crippen molar-refractivity contribution in [2.75, 3.05) is 7.11 Å². The van der Waals surface area contributed by atoms with E-state index in [0.29, 0.717) is 0 Å². The maximum atomic E-state index is 12.8. The lowest BCUT2D eigenvalue weighted by Crippen LogP contribution is -2.03. The fourth-order valence-electron chi connectivity index (χ4n) is 0.964. The molecule has 0 bridgehead atoms. The van der Waals surface area contributed by atoms with Crippen LogP contribution in [0.4, 0.5) is 17.6 Å². The largest absolute Gasteiger partial charge is 0.493 e. The van der Waals surface area contributed by atoms with Crippen molar-refractivity contribution < 1.29 is 22.3 Å². The average Bonchev–Trinajstić information content (AvgIpc) is 2.13. The van der Waals surface area contributed by atoms with Gasteiger partial charge in [0, 0.05) is 5.56 Å². The third-order valence-electron chi connectivity index (χ3n) is 1.65. The summed E-state index contributed by atoms with van der Waals surface area (Å²) in [6, 6.07) is 0. The van der Waals surface area contributed by atoms with Gasteiger partial charge in [-0.1, -0.05) is 0 Å². The third-order valence-corrected chi connectivity index (χ3v) is 1.65. The molecule has 0 unspecified atom stereocenters. The molecule has 72 valence electrons. The molecule has 0 aliphatic carbocycles. The molecule has 0 N–H and O–H groups in total. The van der Waals surface area contributed by atoms with Crippen LogP contribution in [-0.4, -0.2) is 7.11 Å². The minimum Gasteiger partial charge on any atom is -0.493 e. The quantitative estimate of drug-likeness (QED) is 0.379. The molecule has 1 nitrogen and oxygen atoms in total. The number of hydrogen-bond donors (Lipinski definition) is 0. The average molecular weight is 194 g/mol. The molecular formula is C8H6F4O. The fourth-order valence-corrected chi connectivity index (χ4v) is 0.964. The highest BCUT2D eigenvalue weighted by Gasteiger charge is 2.23. The van der Waals surface area contributed by atoms with Gasteiger partial charge in [-0.3, -0.25) is 0 Å². The first kappa shape index (κ1) is 9.83. The molecule has 13 heavy (non-hydrogen) atoms. The Morgan fingerprint density at radius 2 is 1.31 bits per heavy atom. The monoisotopic (exact) mass is 194 g/mol. The molecule has 1 aromatic carbocycles. The summed E-state index contributed by atoms with van der Waals surface area (Å²) in [5, 5.41) is 0. The van der Waals surface area contributed by atoms with Gasteiger partial charge < -0.3 is 4.74 Å². The maximum absolute atomic E-state index is 12.8. The predicted molar refractivity (Wildman–Crippen MR) is 37.6 cm³/mol. The number of ether oxygens (including phenoxy) is 1. The van der Waals surface area contributed by atoms with Crippen molar-refractivity contribution in [1.29, 1.82) is 0 Å². The molecule has 0 aromatic heterocycles. The van der Waals surface area contributed by atoms with Crippen molar-refractivity contribution in [2.45, 2.75) is 6.92 Å². The van der Waals surface area contributed by atoms with Crippen LogP contribution in [0, 0.1) is 30.2 Å². The highest BCUT2D eigenvalue weighted by Crippen LogP contribution is 2.29. The number of halogens is 4. The van der Waals surface area contributed by atoms with Gasteiger partial charge in [-0.2, -0.15) is 4.39 Å². The van der Waals surface area contributed by atoms with E-state index in [1.54, 1.807) is 0 Å². The third kappa shape index (κ3) is 1.34. The van der Waals surface area contributed by atoms with Gasteiger partial charge in [-0.25, -0.2) is 13.2 Å². The van der Waals surface area contributed by atoms with Crippen molar-refractivity contribution in [1.82, 2.24) is 0 Å². The first-order valence-electron chi connectivity index (χ1n) is 3.37. The molecule has 0 aliphatic heterocycles. The summed E-state index contributed by atoms with van der Waals surface area (Å²) >= 11 is 0. The molecule has 0 heterocycles. The van der Waals surface area contributed by atoms with Crippen molar-refractivity contribution >= 4 is 0 Å². The van der Waals surface area contributed by atoms with E-state index in [9.17, 15) is 17.6 Å². The molecular weight excluding hydrogens is 188 g/mol. The van der Waals surface area contributed by atoms with Gasteiger partial charge in [-0.05, 0) is 6.92 Å². The second kappa shape index (κ2) is 3.24. The maximum Gasteiger partial charge on any atom is 0.204 e. The molecule has 5 heteroatoms. The van der Waals surface area contributed by atoms with Crippen molar-refractivity contribution in [3.8, 4) is 5.75 Å². The van der Waals surface area contributed by atoms with E-state index in [1.165, 1.54) is 0 Å². The van der Waals surface area contributed by atoms with E-state index < -0.39 is 29.0 Å². The standard InChI is InChI=1S/C8H6F4O/c1-3-4(9)5(10)6(11)7(12)8(3)13-2/h1-2H3. The van der Waals surface area contributed by atoms with Crippen LogP contribution >= 0.6 is 0 Å². The highest BCUT2D eigenvalue weighted by atomic mass is 19.2. The summed E-state index contributed by atoms with van der Waals surface area (Å²) in [6.07, 6.45) is 0. The lowest BCUT2D eigenvalue weighted by atomic mass is 10.2. The molecule has 1 aromatic rings. The number of methoxy groups -OCH3 is 1. The Labute approximate surface area is 71.9 Å². The number of benzene rings is 1. The molecule has 0 atom stereocenters. The Morgan fingerprint density at radius 3 is 1.77 bits per heavy atom. The molecule has 0 saturated heterocycles. The lowest BCUT2D eigenvalue weighted by Gasteiger charge is -2.08. The van der Waals surface area contributed by atoms with Crippen LogP contribution in [0.1, 0.15) is 5.56 Å². The zero-order valence-corrected chi connectivity index (χ0v) is 6.92. The van der Waals surface area contributed by atoms with Crippen LogP contribution in [0.25, 0.3) is 0 Å². The second-order valence-corrected chi connectivity index (χ2v) is 2.41. The Kier molecular flexibility index (Phi) is 2.45.